The van der Waals surface area contributed by atoms with Gasteiger partial charge in [0.15, 0.2) is 0 Å². The fourth-order valence-corrected chi connectivity index (χ4v) is 4.18. The third-order valence-corrected chi connectivity index (χ3v) is 5.27. The summed E-state index contributed by atoms with van der Waals surface area (Å²) < 4.78 is 31.2. The molecule has 0 saturated carbocycles. The maximum atomic E-state index is 12.2. The summed E-state index contributed by atoms with van der Waals surface area (Å²) in [7, 11) is -1.64. The van der Waals surface area contributed by atoms with Gasteiger partial charge in [-0.2, -0.15) is 16.1 Å². The maximum Gasteiger partial charge on any atom is 0.276 e. The topological polar surface area (TPSA) is 62.6 Å². The number of thioether (sulfide) groups is 1. The van der Waals surface area contributed by atoms with Gasteiger partial charge < -0.3 is 9.73 Å². The highest BCUT2D eigenvalue weighted by molar-refractivity contribution is 7.99. The molecule has 1 aliphatic heterocycles. The SMILES string of the molecule is CNCc1ccc(S(=O)(=O)N2CCSCC2)o1. The van der Waals surface area contributed by atoms with Gasteiger partial charge in [0.2, 0.25) is 5.09 Å². The largest absolute Gasteiger partial charge is 0.447 e. The monoisotopic (exact) mass is 276 g/mol. The summed E-state index contributed by atoms with van der Waals surface area (Å²) in [5.74, 6) is 2.34. The van der Waals surface area contributed by atoms with Crippen LogP contribution in [0.5, 0.6) is 0 Å². The van der Waals surface area contributed by atoms with Crippen molar-refractivity contribution in [2.24, 2.45) is 0 Å². The highest BCUT2D eigenvalue weighted by atomic mass is 32.2. The quantitative estimate of drug-likeness (QED) is 0.878. The van der Waals surface area contributed by atoms with Crippen LogP contribution in [0.25, 0.3) is 0 Å². The van der Waals surface area contributed by atoms with Crippen molar-refractivity contribution >= 4 is 21.8 Å². The molecule has 0 radical (unpaired) electrons. The van der Waals surface area contributed by atoms with Crippen LogP contribution in [0.3, 0.4) is 0 Å². The molecule has 0 unspecified atom stereocenters. The number of nitrogens with zero attached hydrogens (tertiary/aromatic N) is 1. The van der Waals surface area contributed by atoms with Crippen molar-refractivity contribution in [2.75, 3.05) is 31.6 Å². The minimum absolute atomic E-state index is 0.0506. The molecule has 17 heavy (non-hydrogen) atoms. The molecule has 0 aromatic carbocycles. The van der Waals surface area contributed by atoms with E-state index in [1.165, 1.54) is 10.4 Å². The van der Waals surface area contributed by atoms with Crippen molar-refractivity contribution in [3.63, 3.8) is 0 Å². The molecule has 1 fully saturated rings. The molecule has 1 aromatic rings. The molecule has 2 rings (SSSR count). The van der Waals surface area contributed by atoms with Crippen LogP contribution in [0.2, 0.25) is 0 Å². The Bertz CT molecular complexity index is 464. The molecule has 1 aliphatic rings. The second-order valence-electron chi connectivity index (χ2n) is 3.77. The first-order valence-electron chi connectivity index (χ1n) is 5.46. The highest BCUT2D eigenvalue weighted by Crippen LogP contribution is 2.21. The smallest absolute Gasteiger partial charge is 0.276 e. The number of rotatable bonds is 4. The first kappa shape index (κ1) is 12.9. The molecule has 2 heterocycles. The Labute approximate surface area is 106 Å². The van der Waals surface area contributed by atoms with Crippen LogP contribution in [-0.2, 0) is 16.6 Å². The van der Waals surface area contributed by atoms with Crippen LogP contribution in [0, 0.1) is 0 Å². The number of nitrogens with one attached hydrogen (secondary N) is 1. The normalized spacial score (nSPS) is 18.4. The Morgan fingerprint density at radius 2 is 2.12 bits per heavy atom. The van der Waals surface area contributed by atoms with Gasteiger partial charge in [-0.25, -0.2) is 8.42 Å². The standard InChI is InChI=1S/C10H16N2O3S2/c1-11-8-9-2-3-10(15-9)17(13,14)12-4-6-16-7-5-12/h2-3,11H,4-8H2,1H3. The number of hydrogen-bond acceptors (Lipinski definition) is 5. The van der Waals surface area contributed by atoms with Gasteiger partial charge >= 0.3 is 0 Å². The molecule has 0 bridgehead atoms. The highest BCUT2D eigenvalue weighted by Gasteiger charge is 2.28. The molecule has 1 saturated heterocycles. The Hall–Kier alpha value is -0.500. The minimum Gasteiger partial charge on any atom is -0.447 e. The molecule has 96 valence electrons. The molecule has 0 atom stereocenters. The molecule has 0 amide bonds. The van der Waals surface area contributed by atoms with Gasteiger partial charge in [0.1, 0.15) is 5.76 Å². The average Bonchev–Trinajstić information content (AvgIpc) is 2.80. The van der Waals surface area contributed by atoms with E-state index in [1.807, 2.05) is 0 Å². The van der Waals surface area contributed by atoms with Gasteiger partial charge in [-0.05, 0) is 19.2 Å². The lowest BCUT2D eigenvalue weighted by atomic mass is 10.4. The molecular formula is C10H16N2O3S2. The average molecular weight is 276 g/mol. The van der Waals surface area contributed by atoms with Crippen molar-refractivity contribution in [1.29, 1.82) is 0 Å². The summed E-state index contributed by atoms with van der Waals surface area (Å²) in [5.41, 5.74) is 0. The predicted molar refractivity (Wildman–Crippen MR) is 67.6 cm³/mol. The Balaban J connectivity index is 2.18. The second-order valence-corrected chi connectivity index (χ2v) is 6.86. The van der Waals surface area contributed by atoms with Crippen molar-refractivity contribution in [2.45, 2.75) is 11.6 Å². The zero-order valence-electron chi connectivity index (χ0n) is 9.68. The summed E-state index contributed by atoms with van der Waals surface area (Å²) in [6.45, 7) is 1.66. The lowest BCUT2D eigenvalue weighted by molar-refractivity contribution is 0.376. The van der Waals surface area contributed by atoms with Crippen molar-refractivity contribution in [3.05, 3.63) is 17.9 Å². The van der Waals surface area contributed by atoms with Gasteiger partial charge in [-0.3, -0.25) is 0 Å². The van der Waals surface area contributed by atoms with E-state index in [4.69, 9.17) is 4.42 Å². The first-order chi connectivity index (χ1) is 8.14. The van der Waals surface area contributed by atoms with Crippen LogP contribution in [0.15, 0.2) is 21.6 Å². The molecule has 0 spiro atoms. The van der Waals surface area contributed by atoms with Crippen LogP contribution in [0.1, 0.15) is 5.76 Å². The Morgan fingerprint density at radius 1 is 1.41 bits per heavy atom. The third-order valence-electron chi connectivity index (χ3n) is 2.55. The second kappa shape index (κ2) is 5.43. The number of furan rings is 1. The van der Waals surface area contributed by atoms with E-state index in [1.54, 1.807) is 24.9 Å². The fraction of sp³-hybridized carbons (Fsp3) is 0.600. The minimum atomic E-state index is -3.43. The lowest BCUT2D eigenvalue weighted by Gasteiger charge is -2.24. The lowest BCUT2D eigenvalue weighted by Crippen LogP contribution is -2.37. The van der Waals surface area contributed by atoms with E-state index in [2.05, 4.69) is 5.32 Å². The first-order valence-corrected chi connectivity index (χ1v) is 8.05. The molecule has 1 N–H and O–H groups in total. The summed E-state index contributed by atoms with van der Waals surface area (Å²) in [6, 6.07) is 3.23. The molecule has 0 aliphatic carbocycles. The van der Waals surface area contributed by atoms with E-state index in [0.29, 0.717) is 25.4 Å². The molecular weight excluding hydrogens is 260 g/mol. The Kier molecular flexibility index (Phi) is 4.13. The van der Waals surface area contributed by atoms with Gasteiger partial charge in [-0.1, -0.05) is 0 Å². The third kappa shape index (κ3) is 2.85. The van der Waals surface area contributed by atoms with Crippen LogP contribution < -0.4 is 5.32 Å². The summed E-state index contributed by atoms with van der Waals surface area (Å²) in [4.78, 5) is 0. The molecule has 5 nitrogen and oxygen atoms in total. The number of sulfonamides is 1. The zero-order valence-corrected chi connectivity index (χ0v) is 11.3. The fourth-order valence-electron chi connectivity index (χ4n) is 1.68. The van der Waals surface area contributed by atoms with E-state index in [-0.39, 0.29) is 5.09 Å². The maximum absolute atomic E-state index is 12.2. The van der Waals surface area contributed by atoms with Gasteiger partial charge in [0, 0.05) is 24.6 Å². The van der Waals surface area contributed by atoms with E-state index >= 15 is 0 Å². The van der Waals surface area contributed by atoms with E-state index in [9.17, 15) is 8.42 Å². The molecule has 1 aromatic heterocycles. The predicted octanol–water partition coefficient (Wildman–Crippen LogP) is 0.736. The number of hydrogen-bond donors (Lipinski definition) is 1. The molecule has 7 heteroatoms. The summed E-state index contributed by atoms with van der Waals surface area (Å²) in [6.07, 6.45) is 0. The van der Waals surface area contributed by atoms with Gasteiger partial charge in [0.05, 0.1) is 6.54 Å². The summed E-state index contributed by atoms with van der Waals surface area (Å²) in [5, 5.41) is 2.97. The van der Waals surface area contributed by atoms with Crippen LogP contribution in [-0.4, -0.2) is 44.4 Å². The van der Waals surface area contributed by atoms with E-state index < -0.39 is 10.0 Å². The van der Waals surface area contributed by atoms with Gasteiger partial charge in [-0.15, -0.1) is 0 Å². The van der Waals surface area contributed by atoms with Crippen LogP contribution >= 0.6 is 11.8 Å². The summed E-state index contributed by atoms with van der Waals surface area (Å²) >= 11 is 1.78. The van der Waals surface area contributed by atoms with E-state index in [0.717, 1.165) is 11.5 Å². The van der Waals surface area contributed by atoms with Crippen molar-refractivity contribution < 1.29 is 12.8 Å². The van der Waals surface area contributed by atoms with Gasteiger partial charge in [0.25, 0.3) is 10.0 Å². The Morgan fingerprint density at radius 3 is 2.76 bits per heavy atom. The van der Waals surface area contributed by atoms with Crippen molar-refractivity contribution in [1.82, 2.24) is 9.62 Å². The van der Waals surface area contributed by atoms with Crippen molar-refractivity contribution in [3.8, 4) is 0 Å². The van der Waals surface area contributed by atoms with Crippen LogP contribution in [0.4, 0.5) is 0 Å². The zero-order chi connectivity index (χ0) is 12.3.